The molecule has 0 spiro atoms. The van der Waals surface area contributed by atoms with Gasteiger partial charge in [0.05, 0.1) is 5.56 Å². The number of rotatable bonds is 6. The van der Waals surface area contributed by atoms with Gasteiger partial charge in [-0.2, -0.15) is 0 Å². The van der Waals surface area contributed by atoms with Gasteiger partial charge in [0.25, 0.3) is 5.91 Å². The zero-order valence-electron chi connectivity index (χ0n) is 10.7. The Labute approximate surface area is 127 Å². The fourth-order valence-electron chi connectivity index (χ4n) is 1.63. The number of benzene rings is 1. The Kier molecular flexibility index (Phi) is 6.96. The Hall–Kier alpha value is -0.330. The highest BCUT2D eigenvalue weighted by Gasteiger charge is 2.10. The Morgan fingerprint density at radius 3 is 2.67 bits per heavy atom. The van der Waals surface area contributed by atoms with Crippen LogP contribution in [0, 0.1) is 3.57 Å². The third-order valence-corrected chi connectivity index (χ3v) is 3.96. The summed E-state index contributed by atoms with van der Waals surface area (Å²) in [6.45, 7) is 7.76. The molecule has 0 aromatic heterocycles. The first-order valence-corrected chi connectivity index (χ1v) is 7.49. The highest BCUT2D eigenvalue weighted by molar-refractivity contribution is 14.1. The van der Waals surface area contributed by atoms with Crippen molar-refractivity contribution in [2.75, 3.05) is 26.2 Å². The molecule has 1 amide bonds. The van der Waals surface area contributed by atoms with Crippen LogP contribution in [0.15, 0.2) is 18.2 Å². The molecule has 0 saturated heterocycles. The van der Waals surface area contributed by atoms with Gasteiger partial charge in [0, 0.05) is 21.7 Å². The minimum Gasteiger partial charge on any atom is -0.351 e. The molecule has 100 valence electrons. The van der Waals surface area contributed by atoms with E-state index in [1.807, 2.05) is 6.07 Å². The summed E-state index contributed by atoms with van der Waals surface area (Å²) < 4.78 is 0.914. The molecule has 0 aliphatic heterocycles. The van der Waals surface area contributed by atoms with Crippen LogP contribution in [0.3, 0.4) is 0 Å². The maximum atomic E-state index is 12.0. The van der Waals surface area contributed by atoms with Crippen molar-refractivity contribution in [2.24, 2.45) is 0 Å². The zero-order chi connectivity index (χ0) is 13.5. The number of halogens is 2. The van der Waals surface area contributed by atoms with E-state index >= 15 is 0 Å². The lowest BCUT2D eigenvalue weighted by molar-refractivity contribution is 0.0948. The highest BCUT2D eigenvalue weighted by atomic mass is 127. The van der Waals surface area contributed by atoms with Gasteiger partial charge in [-0.05, 0) is 53.9 Å². The standard InChI is InChI=1S/C13H18ClIN2O/c1-3-17(4-2)8-7-16-13(18)11-9-10(14)5-6-12(11)15/h5-6,9H,3-4,7-8H2,1-2H3,(H,16,18). The molecule has 0 fully saturated rings. The number of amides is 1. The third-order valence-electron chi connectivity index (χ3n) is 2.78. The molecule has 0 aliphatic rings. The van der Waals surface area contributed by atoms with E-state index in [0.717, 1.165) is 23.2 Å². The molecule has 0 radical (unpaired) electrons. The molecule has 0 bridgehead atoms. The Bertz CT molecular complexity index is 408. The smallest absolute Gasteiger partial charge is 0.252 e. The molecule has 0 unspecified atom stereocenters. The summed E-state index contributed by atoms with van der Waals surface area (Å²) in [5.74, 6) is -0.0611. The summed E-state index contributed by atoms with van der Waals surface area (Å²) in [4.78, 5) is 14.2. The largest absolute Gasteiger partial charge is 0.351 e. The van der Waals surface area contributed by atoms with Crippen molar-refractivity contribution in [1.29, 1.82) is 0 Å². The lowest BCUT2D eigenvalue weighted by Crippen LogP contribution is -2.35. The van der Waals surface area contributed by atoms with Crippen molar-refractivity contribution in [3.63, 3.8) is 0 Å². The van der Waals surface area contributed by atoms with Crippen LogP contribution in [-0.4, -0.2) is 37.0 Å². The number of likely N-dealkylation sites (N-methyl/N-ethyl adjacent to an activating group) is 1. The third kappa shape index (κ3) is 4.74. The average Bonchev–Trinajstić information content (AvgIpc) is 2.37. The minimum absolute atomic E-state index is 0.0611. The van der Waals surface area contributed by atoms with Crippen LogP contribution in [0.4, 0.5) is 0 Å². The predicted molar refractivity (Wildman–Crippen MR) is 84.3 cm³/mol. The summed E-state index contributed by atoms with van der Waals surface area (Å²) in [6.07, 6.45) is 0. The van der Waals surface area contributed by atoms with E-state index in [2.05, 4.69) is 46.7 Å². The van der Waals surface area contributed by atoms with Crippen LogP contribution in [-0.2, 0) is 0 Å². The van der Waals surface area contributed by atoms with Gasteiger partial charge in [-0.1, -0.05) is 25.4 Å². The number of nitrogens with zero attached hydrogens (tertiary/aromatic N) is 1. The molecule has 1 rings (SSSR count). The van der Waals surface area contributed by atoms with E-state index in [9.17, 15) is 4.79 Å². The van der Waals surface area contributed by atoms with Gasteiger partial charge in [-0.25, -0.2) is 0 Å². The maximum Gasteiger partial charge on any atom is 0.252 e. The lowest BCUT2D eigenvalue weighted by atomic mass is 10.2. The summed E-state index contributed by atoms with van der Waals surface area (Å²) in [7, 11) is 0. The SMILES string of the molecule is CCN(CC)CCNC(=O)c1cc(Cl)ccc1I. The quantitative estimate of drug-likeness (QED) is 0.770. The van der Waals surface area contributed by atoms with E-state index < -0.39 is 0 Å². The molecular weight excluding hydrogens is 363 g/mol. The number of hydrogen-bond donors (Lipinski definition) is 1. The van der Waals surface area contributed by atoms with Gasteiger partial charge in [0.15, 0.2) is 0 Å². The maximum absolute atomic E-state index is 12.0. The monoisotopic (exact) mass is 380 g/mol. The van der Waals surface area contributed by atoms with Gasteiger partial charge in [-0.3, -0.25) is 4.79 Å². The van der Waals surface area contributed by atoms with Crippen molar-refractivity contribution in [3.8, 4) is 0 Å². The number of hydrogen-bond acceptors (Lipinski definition) is 2. The summed E-state index contributed by atoms with van der Waals surface area (Å²) in [6, 6.07) is 5.34. The highest BCUT2D eigenvalue weighted by Crippen LogP contribution is 2.17. The first-order valence-electron chi connectivity index (χ1n) is 6.04. The Morgan fingerprint density at radius 1 is 1.39 bits per heavy atom. The van der Waals surface area contributed by atoms with E-state index in [-0.39, 0.29) is 5.91 Å². The van der Waals surface area contributed by atoms with Crippen LogP contribution >= 0.6 is 34.2 Å². The van der Waals surface area contributed by atoms with Crippen molar-refractivity contribution in [2.45, 2.75) is 13.8 Å². The van der Waals surface area contributed by atoms with Gasteiger partial charge in [0.1, 0.15) is 0 Å². The van der Waals surface area contributed by atoms with Gasteiger partial charge in [0.2, 0.25) is 0 Å². The average molecular weight is 381 g/mol. The van der Waals surface area contributed by atoms with Crippen molar-refractivity contribution >= 4 is 40.1 Å². The van der Waals surface area contributed by atoms with Gasteiger partial charge in [-0.15, -0.1) is 0 Å². The summed E-state index contributed by atoms with van der Waals surface area (Å²) >= 11 is 8.04. The van der Waals surface area contributed by atoms with E-state index in [1.165, 1.54) is 0 Å². The minimum atomic E-state index is -0.0611. The lowest BCUT2D eigenvalue weighted by Gasteiger charge is -2.18. The van der Waals surface area contributed by atoms with Crippen LogP contribution in [0.25, 0.3) is 0 Å². The van der Waals surface area contributed by atoms with E-state index in [4.69, 9.17) is 11.6 Å². The van der Waals surface area contributed by atoms with E-state index in [1.54, 1.807) is 12.1 Å². The van der Waals surface area contributed by atoms with Crippen molar-refractivity contribution in [1.82, 2.24) is 10.2 Å². The molecule has 0 aliphatic carbocycles. The first kappa shape index (κ1) is 15.7. The summed E-state index contributed by atoms with van der Waals surface area (Å²) in [5.41, 5.74) is 0.641. The van der Waals surface area contributed by atoms with Crippen molar-refractivity contribution in [3.05, 3.63) is 32.4 Å². The predicted octanol–water partition coefficient (Wildman–Crippen LogP) is 3.02. The Balaban J connectivity index is 2.53. The molecule has 3 nitrogen and oxygen atoms in total. The van der Waals surface area contributed by atoms with E-state index in [0.29, 0.717) is 17.1 Å². The van der Waals surface area contributed by atoms with Crippen LogP contribution in [0.1, 0.15) is 24.2 Å². The number of nitrogens with one attached hydrogen (secondary N) is 1. The second kappa shape index (κ2) is 7.96. The second-order valence-electron chi connectivity index (χ2n) is 3.91. The summed E-state index contributed by atoms with van der Waals surface area (Å²) in [5, 5.41) is 3.51. The van der Waals surface area contributed by atoms with Crippen LogP contribution in [0.5, 0.6) is 0 Å². The van der Waals surface area contributed by atoms with Gasteiger partial charge < -0.3 is 10.2 Å². The molecule has 1 aromatic carbocycles. The molecule has 1 aromatic rings. The zero-order valence-corrected chi connectivity index (χ0v) is 13.6. The molecule has 0 heterocycles. The number of carbonyl (C=O) groups is 1. The molecule has 1 N–H and O–H groups in total. The molecule has 5 heteroatoms. The molecule has 0 saturated carbocycles. The van der Waals surface area contributed by atoms with Gasteiger partial charge >= 0.3 is 0 Å². The molecule has 0 atom stereocenters. The fraction of sp³-hybridized carbons (Fsp3) is 0.462. The fourth-order valence-corrected chi connectivity index (χ4v) is 2.39. The first-order chi connectivity index (χ1) is 8.58. The van der Waals surface area contributed by atoms with Crippen LogP contribution < -0.4 is 5.32 Å². The molecular formula is C13H18ClIN2O. The number of carbonyl (C=O) groups excluding carboxylic acids is 1. The molecule has 18 heavy (non-hydrogen) atoms. The Morgan fingerprint density at radius 2 is 2.06 bits per heavy atom. The van der Waals surface area contributed by atoms with Crippen LogP contribution in [0.2, 0.25) is 5.02 Å². The second-order valence-corrected chi connectivity index (χ2v) is 5.51. The van der Waals surface area contributed by atoms with Crippen molar-refractivity contribution < 1.29 is 4.79 Å². The normalized spacial score (nSPS) is 10.7. The topological polar surface area (TPSA) is 32.3 Å².